The Morgan fingerprint density at radius 2 is 1.73 bits per heavy atom. The monoisotopic (exact) mass is 418 g/mol. The standard InChI is InChI=1S/C24H22N2O3S/c1-15(2)29-19-11-9-17(10-12-19)25-22-21(20-8-5-13-30-20)23(27)26(24(22)28)18-7-4-6-16(3)14-18/h4-15,25H,1-3H3. The van der Waals surface area contributed by atoms with E-state index in [0.29, 0.717) is 16.9 Å². The molecule has 1 aliphatic rings. The van der Waals surface area contributed by atoms with Gasteiger partial charge < -0.3 is 10.1 Å². The third-order valence-electron chi connectivity index (χ3n) is 4.61. The number of nitrogens with one attached hydrogen (secondary N) is 1. The normalized spacial score (nSPS) is 14.1. The van der Waals surface area contributed by atoms with Crippen LogP contribution in [0.2, 0.25) is 0 Å². The summed E-state index contributed by atoms with van der Waals surface area (Å²) < 4.78 is 5.68. The molecule has 0 fully saturated rings. The lowest BCUT2D eigenvalue weighted by Crippen LogP contribution is -2.32. The number of imide groups is 1. The minimum absolute atomic E-state index is 0.0777. The molecular weight excluding hydrogens is 396 g/mol. The smallest absolute Gasteiger partial charge is 0.282 e. The largest absolute Gasteiger partial charge is 0.491 e. The van der Waals surface area contributed by atoms with E-state index in [4.69, 9.17) is 4.74 Å². The van der Waals surface area contributed by atoms with Crippen LogP contribution in [-0.4, -0.2) is 17.9 Å². The van der Waals surface area contributed by atoms with Crippen molar-refractivity contribution in [2.45, 2.75) is 26.9 Å². The molecule has 1 aromatic heterocycles. The third-order valence-corrected chi connectivity index (χ3v) is 5.49. The summed E-state index contributed by atoms with van der Waals surface area (Å²) in [6.07, 6.45) is 0.0777. The van der Waals surface area contributed by atoms with Gasteiger partial charge in [-0.25, -0.2) is 4.90 Å². The Balaban J connectivity index is 1.71. The van der Waals surface area contributed by atoms with Crippen LogP contribution in [0.4, 0.5) is 11.4 Å². The molecule has 152 valence electrons. The first-order valence-electron chi connectivity index (χ1n) is 9.71. The van der Waals surface area contributed by atoms with E-state index in [9.17, 15) is 9.59 Å². The maximum Gasteiger partial charge on any atom is 0.282 e. The predicted molar refractivity (Wildman–Crippen MR) is 121 cm³/mol. The van der Waals surface area contributed by atoms with Crippen LogP contribution in [0, 0.1) is 6.92 Å². The summed E-state index contributed by atoms with van der Waals surface area (Å²) in [6.45, 7) is 5.86. The van der Waals surface area contributed by atoms with Crippen LogP contribution in [0.5, 0.6) is 5.75 Å². The first-order chi connectivity index (χ1) is 14.4. The molecule has 0 aliphatic carbocycles. The van der Waals surface area contributed by atoms with Gasteiger partial charge in [0.05, 0.1) is 17.4 Å². The summed E-state index contributed by atoms with van der Waals surface area (Å²) in [4.78, 5) is 28.6. The molecule has 2 amide bonds. The van der Waals surface area contributed by atoms with Gasteiger partial charge in [-0.3, -0.25) is 9.59 Å². The molecule has 0 saturated carbocycles. The highest BCUT2D eigenvalue weighted by Crippen LogP contribution is 2.35. The van der Waals surface area contributed by atoms with Crippen molar-refractivity contribution in [2.75, 3.05) is 10.2 Å². The molecular formula is C24H22N2O3S. The minimum atomic E-state index is -0.364. The number of amides is 2. The van der Waals surface area contributed by atoms with Crippen LogP contribution in [-0.2, 0) is 9.59 Å². The van der Waals surface area contributed by atoms with Crippen molar-refractivity contribution in [2.24, 2.45) is 0 Å². The van der Waals surface area contributed by atoms with Crippen molar-refractivity contribution in [3.8, 4) is 5.75 Å². The highest BCUT2D eigenvalue weighted by atomic mass is 32.1. The number of carbonyl (C=O) groups is 2. The molecule has 3 aromatic rings. The van der Waals surface area contributed by atoms with Gasteiger partial charge in [0.1, 0.15) is 11.4 Å². The van der Waals surface area contributed by atoms with Crippen molar-refractivity contribution in [3.05, 3.63) is 82.2 Å². The Bertz CT molecular complexity index is 1120. The molecule has 2 aromatic carbocycles. The zero-order valence-corrected chi connectivity index (χ0v) is 17.8. The van der Waals surface area contributed by atoms with Crippen LogP contribution in [0.3, 0.4) is 0 Å². The zero-order chi connectivity index (χ0) is 21.3. The number of aryl methyl sites for hydroxylation is 1. The second kappa shape index (κ2) is 8.16. The van der Waals surface area contributed by atoms with E-state index < -0.39 is 0 Å². The van der Waals surface area contributed by atoms with Crippen molar-refractivity contribution in [3.63, 3.8) is 0 Å². The molecule has 0 atom stereocenters. The fourth-order valence-electron chi connectivity index (χ4n) is 3.33. The zero-order valence-electron chi connectivity index (χ0n) is 17.0. The Labute approximate surface area is 179 Å². The van der Waals surface area contributed by atoms with Gasteiger partial charge in [-0.2, -0.15) is 0 Å². The fraction of sp³-hybridized carbons (Fsp3) is 0.167. The average Bonchev–Trinajstić information content (AvgIpc) is 3.30. The molecule has 2 heterocycles. The molecule has 1 aliphatic heterocycles. The van der Waals surface area contributed by atoms with E-state index in [1.165, 1.54) is 16.2 Å². The van der Waals surface area contributed by atoms with E-state index in [1.54, 1.807) is 6.07 Å². The highest BCUT2D eigenvalue weighted by Gasteiger charge is 2.40. The molecule has 5 nitrogen and oxygen atoms in total. The number of anilines is 2. The molecule has 30 heavy (non-hydrogen) atoms. The Hall–Kier alpha value is -3.38. The number of carbonyl (C=O) groups excluding carboxylic acids is 2. The van der Waals surface area contributed by atoms with Gasteiger partial charge in [-0.15, -0.1) is 11.3 Å². The van der Waals surface area contributed by atoms with Gasteiger partial charge in [0.25, 0.3) is 11.8 Å². The summed E-state index contributed by atoms with van der Waals surface area (Å²) in [7, 11) is 0. The number of nitrogens with zero attached hydrogens (tertiary/aromatic N) is 1. The summed E-state index contributed by atoms with van der Waals surface area (Å²) in [5, 5.41) is 5.07. The lowest BCUT2D eigenvalue weighted by atomic mass is 10.1. The van der Waals surface area contributed by atoms with Crippen molar-refractivity contribution in [1.29, 1.82) is 0 Å². The number of hydrogen-bond donors (Lipinski definition) is 1. The molecule has 4 rings (SSSR count). The van der Waals surface area contributed by atoms with E-state index in [0.717, 1.165) is 16.2 Å². The molecule has 6 heteroatoms. The highest BCUT2D eigenvalue weighted by molar-refractivity contribution is 7.11. The molecule has 0 unspecified atom stereocenters. The first kappa shape index (κ1) is 19.9. The quantitative estimate of drug-likeness (QED) is 0.556. The lowest BCUT2D eigenvalue weighted by molar-refractivity contribution is -0.120. The van der Waals surface area contributed by atoms with Gasteiger partial charge in [-0.05, 0) is 74.2 Å². The summed E-state index contributed by atoms with van der Waals surface area (Å²) >= 11 is 1.43. The van der Waals surface area contributed by atoms with Gasteiger partial charge in [0.2, 0.25) is 0 Å². The van der Waals surface area contributed by atoms with Crippen LogP contribution in [0.25, 0.3) is 5.57 Å². The second-order valence-electron chi connectivity index (χ2n) is 7.33. The average molecular weight is 419 g/mol. The third kappa shape index (κ3) is 3.86. The van der Waals surface area contributed by atoms with E-state index in [2.05, 4.69) is 5.32 Å². The fourth-order valence-corrected chi connectivity index (χ4v) is 4.10. The molecule has 1 N–H and O–H groups in total. The lowest BCUT2D eigenvalue weighted by Gasteiger charge is -2.16. The van der Waals surface area contributed by atoms with Crippen LogP contribution < -0.4 is 15.0 Å². The molecule has 0 spiro atoms. The number of hydrogen-bond acceptors (Lipinski definition) is 5. The maximum atomic E-state index is 13.3. The number of rotatable bonds is 6. The topological polar surface area (TPSA) is 58.6 Å². The van der Waals surface area contributed by atoms with Gasteiger partial charge in [-0.1, -0.05) is 18.2 Å². The van der Waals surface area contributed by atoms with Crippen molar-refractivity contribution >= 4 is 40.1 Å². The van der Waals surface area contributed by atoms with Gasteiger partial charge in [0.15, 0.2) is 0 Å². The number of ether oxygens (including phenoxy) is 1. The SMILES string of the molecule is Cc1cccc(N2C(=O)C(Nc3ccc(OC(C)C)cc3)=C(c3cccs3)C2=O)c1. The van der Waals surface area contributed by atoms with Crippen LogP contribution in [0.15, 0.2) is 71.7 Å². The minimum Gasteiger partial charge on any atom is -0.491 e. The Kier molecular flexibility index (Phi) is 5.42. The van der Waals surface area contributed by atoms with Gasteiger partial charge in [0, 0.05) is 10.6 Å². The summed E-state index contributed by atoms with van der Waals surface area (Å²) in [6, 6.07) is 18.5. The predicted octanol–water partition coefficient (Wildman–Crippen LogP) is 5.24. The van der Waals surface area contributed by atoms with Crippen LogP contribution in [0.1, 0.15) is 24.3 Å². The van der Waals surface area contributed by atoms with Crippen molar-refractivity contribution < 1.29 is 14.3 Å². The Morgan fingerprint density at radius 3 is 2.37 bits per heavy atom. The van der Waals surface area contributed by atoms with Gasteiger partial charge >= 0.3 is 0 Å². The number of benzene rings is 2. The van der Waals surface area contributed by atoms with Crippen LogP contribution >= 0.6 is 11.3 Å². The molecule has 0 bridgehead atoms. The number of thiophene rings is 1. The van der Waals surface area contributed by atoms with E-state index >= 15 is 0 Å². The van der Waals surface area contributed by atoms with E-state index in [1.807, 2.05) is 80.7 Å². The van der Waals surface area contributed by atoms with Crippen molar-refractivity contribution in [1.82, 2.24) is 0 Å². The van der Waals surface area contributed by atoms with E-state index in [-0.39, 0.29) is 23.6 Å². The molecule has 0 saturated heterocycles. The maximum absolute atomic E-state index is 13.3. The summed E-state index contributed by atoms with van der Waals surface area (Å²) in [5.74, 6) is 0.0602. The Morgan fingerprint density at radius 1 is 0.967 bits per heavy atom. The second-order valence-corrected chi connectivity index (χ2v) is 8.28. The summed E-state index contributed by atoms with van der Waals surface area (Å²) in [5.41, 5.74) is 2.92. The molecule has 0 radical (unpaired) electrons. The first-order valence-corrected chi connectivity index (χ1v) is 10.6.